The van der Waals surface area contributed by atoms with Crippen LogP contribution in [0, 0.1) is 6.92 Å². The van der Waals surface area contributed by atoms with Gasteiger partial charge in [-0.25, -0.2) is 0 Å². The van der Waals surface area contributed by atoms with E-state index in [9.17, 15) is 0 Å². The van der Waals surface area contributed by atoms with E-state index in [2.05, 4.69) is 11.4 Å². The molecule has 1 fully saturated rings. The number of aryl methyl sites for hydroxylation is 1. The van der Waals surface area contributed by atoms with E-state index in [0.29, 0.717) is 0 Å². The molecule has 1 aromatic rings. The zero-order valence-corrected chi connectivity index (χ0v) is 9.64. The summed E-state index contributed by atoms with van der Waals surface area (Å²) in [7, 11) is 0. The topological polar surface area (TPSA) is 32.3 Å². The van der Waals surface area contributed by atoms with Gasteiger partial charge in [-0.15, -0.1) is 0 Å². The monoisotopic (exact) mass is 225 g/mol. The van der Waals surface area contributed by atoms with Crippen LogP contribution in [0.15, 0.2) is 18.2 Å². The molecule has 2 N–H and O–H groups in total. The van der Waals surface area contributed by atoms with E-state index in [4.69, 9.17) is 16.7 Å². The summed E-state index contributed by atoms with van der Waals surface area (Å²) in [5.74, 6) is 0. The lowest BCUT2D eigenvalue weighted by atomic mass is 10.1. The van der Waals surface area contributed by atoms with Crippen molar-refractivity contribution < 1.29 is 5.11 Å². The minimum Gasteiger partial charge on any atom is -0.394 e. The minimum atomic E-state index is -0.0196. The Morgan fingerprint density at radius 2 is 2.20 bits per heavy atom. The van der Waals surface area contributed by atoms with Crippen molar-refractivity contribution in [2.24, 2.45) is 0 Å². The van der Waals surface area contributed by atoms with Crippen molar-refractivity contribution >= 4 is 11.6 Å². The largest absolute Gasteiger partial charge is 0.394 e. The first-order valence-corrected chi connectivity index (χ1v) is 5.64. The lowest BCUT2D eigenvalue weighted by Gasteiger charge is -2.15. The number of benzene rings is 1. The molecule has 0 atom stereocenters. The van der Waals surface area contributed by atoms with Crippen LogP contribution >= 0.6 is 11.6 Å². The Balaban J connectivity index is 1.99. The van der Waals surface area contributed by atoms with Gasteiger partial charge in [0.15, 0.2) is 0 Å². The van der Waals surface area contributed by atoms with Gasteiger partial charge < -0.3 is 10.4 Å². The molecule has 2 rings (SSSR count). The normalized spacial score (nSPS) is 17.8. The maximum atomic E-state index is 9.15. The van der Waals surface area contributed by atoms with E-state index >= 15 is 0 Å². The van der Waals surface area contributed by atoms with Crippen LogP contribution in [-0.2, 0) is 6.54 Å². The van der Waals surface area contributed by atoms with Gasteiger partial charge >= 0.3 is 0 Å². The van der Waals surface area contributed by atoms with Crippen LogP contribution in [0.5, 0.6) is 0 Å². The van der Waals surface area contributed by atoms with Gasteiger partial charge in [0.2, 0.25) is 0 Å². The SMILES string of the molecule is Cc1ccc(CNC2(CO)CC2)c(Cl)c1. The number of halogens is 1. The fourth-order valence-corrected chi connectivity index (χ4v) is 1.92. The number of rotatable bonds is 4. The molecule has 0 saturated heterocycles. The summed E-state index contributed by atoms with van der Waals surface area (Å²) in [5, 5.41) is 13.3. The highest BCUT2D eigenvalue weighted by atomic mass is 35.5. The van der Waals surface area contributed by atoms with Gasteiger partial charge in [0.05, 0.1) is 6.61 Å². The molecule has 0 unspecified atom stereocenters. The number of nitrogens with one attached hydrogen (secondary N) is 1. The van der Waals surface area contributed by atoms with Crippen LogP contribution in [0.2, 0.25) is 5.02 Å². The highest BCUT2D eigenvalue weighted by Crippen LogP contribution is 2.35. The molecule has 3 heteroatoms. The Bertz CT molecular complexity index is 361. The van der Waals surface area contributed by atoms with Crippen molar-refractivity contribution in [1.82, 2.24) is 5.32 Å². The van der Waals surface area contributed by atoms with Crippen LogP contribution in [0.3, 0.4) is 0 Å². The van der Waals surface area contributed by atoms with E-state index in [0.717, 1.165) is 30.0 Å². The molecular weight excluding hydrogens is 210 g/mol. The first-order chi connectivity index (χ1) is 7.15. The van der Waals surface area contributed by atoms with Crippen LogP contribution < -0.4 is 5.32 Å². The molecule has 2 nitrogen and oxygen atoms in total. The van der Waals surface area contributed by atoms with E-state index in [1.807, 2.05) is 19.1 Å². The Morgan fingerprint density at radius 3 is 2.73 bits per heavy atom. The summed E-state index contributed by atoms with van der Waals surface area (Å²) in [4.78, 5) is 0. The molecule has 0 radical (unpaired) electrons. The maximum Gasteiger partial charge on any atom is 0.0613 e. The third-order valence-electron chi connectivity index (χ3n) is 3.02. The molecule has 15 heavy (non-hydrogen) atoms. The fraction of sp³-hybridized carbons (Fsp3) is 0.500. The van der Waals surface area contributed by atoms with Gasteiger partial charge in [0.1, 0.15) is 0 Å². The summed E-state index contributed by atoms with van der Waals surface area (Å²) >= 11 is 6.12. The molecule has 82 valence electrons. The predicted molar refractivity (Wildman–Crippen MR) is 62.1 cm³/mol. The molecule has 0 aliphatic heterocycles. The van der Waals surface area contributed by atoms with Crippen LogP contribution in [0.4, 0.5) is 0 Å². The molecule has 0 aromatic heterocycles. The number of aliphatic hydroxyl groups is 1. The van der Waals surface area contributed by atoms with Crippen molar-refractivity contribution in [1.29, 1.82) is 0 Å². The molecular formula is C12H16ClNO. The van der Waals surface area contributed by atoms with E-state index < -0.39 is 0 Å². The second-order valence-electron chi connectivity index (χ2n) is 4.39. The number of aliphatic hydroxyl groups excluding tert-OH is 1. The number of hydrogen-bond donors (Lipinski definition) is 2. The summed E-state index contributed by atoms with van der Waals surface area (Å²) in [6, 6.07) is 6.07. The Labute approximate surface area is 95.3 Å². The van der Waals surface area contributed by atoms with Crippen molar-refractivity contribution in [2.75, 3.05) is 6.61 Å². The lowest BCUT2D eigenvalue weighted by molar-refractivity contribution is 0.229. The van der Waals surface area contributed by atoms with E-state index in [1.54, 1.807) is 0 Å². The van der Waals surface area contributed by atoms with Gasteiger partial charge in [-0.05, 0) is 37.0 Å². The van der Waals surface area contributed by atoms with E-state index in [1.165, 1.54) is 5.56 Å². The predicted octanol–water partition coefficient (Wildman–Crippen LogP) is 2.26. The quantitative estimate of drug-likeness (QED) is 0.824. The molecule has 1 aromatic carbocycles. The average molecular weight is 226 g/mol. The molecule has 1 saturated carbocycles. The van der Waals surface area contributed by atoms with Gasteiger partial charge in [0.25, 0.3) is 0 Å². The standard InChI is InChI=1S/C12H16ClNO/c1-9-2-3-10(11(13)6-9)7-14-12(8-15)4-5-12/h2-3,6,14-15H,4-5,7-8H2,1H3. The summed E-state index contributed by atoms with van der Waals surface area (Å²) in [6.45, 7) is 2.98. The molecule has 0 amide bonds. The van der Waals surface area contributed by atoms with Crippen LogP contribution in [0.25, 0.3) is 0 Å². The summed E-state index contributed by atoms with van der Waals surface area (Å²) in [6.07, 6.45) is 2.12. The summed E-state index contributed by atoms with van der Waals surface area (Å²) < 4.78 is 0. The Morgan fingerprint density at radius 1 is 1.47 bits per heavy atom. The zero-order chi connectivity index (χ0) is 10.9. The average Bonchev–Trinajstić information content (AvgIpc) is 2.97. The Hall–Kier alpha value is -0.570. The molecule has 0 bridgehead atoms. The Kier molecular flexibility index (Phi) is 3.01. The van der Waals surface area contributed by atoms with E-state index in [-0.39, 0.29) is 12.1 Å². The third kappa shape index (κ3) is 2.51. The van der Waals surface area contributed by atoms with Crippen molar-refractivity contribution in [2.45, 2.75) is 31.8 Å². The fourth-order valence-electron chi connectivity index (χ4n) is 1.62. The van der Waals surface area contributed by atoms with Crippen molar-refractivity contribution in [3.63, 3.8) is 0 Å². The van der Waals surface area contributed by atoms with Gasteiger partial charge in [-0.3, -0.25) is 0 Å². The lowest BCUT2D eigenvalue weighted by Crippen LogP contribution is -2.34. The first-order valence-electron chi connectivity index (χ1n) is 5.26. The molecule has 0 heterocycles. The van der Waals surface area contributed by atoms with Gasteiger partial charge in [-0.2, -0.15) is 0 Å². The van der Waals surface area contributed by atoms with Gasteiger partial charge in [0, 0.05) is 17.1 Å². The second-order valence-corrected chi connectivity index (χ2v) is 4.79. The molecule has 1 aliphatic rings. The highest BCUT2D eigenvalue weighted by Gasteiger charge is 2.41. The summed E-state index contributed by atoms with van der Waals surface area (Å²) in [5.41, 5.74) is 2.25. The van der Waals surface area contributed by atoms with Gasteiger partial charge in [-0.1, -0.05) is 23.7 Å². The highest BCUT2D eigenvalue weighted by molar-refractivity contribution is 6.31. The third-order valence-corrected chi connectivity index (χ3v) is 3.37. The first kappa shape index (κ1) is 10.9. The minimum absolute atomic E-state index is 0.0196. The molecule has 1 aliphatic carbocycles. The number of hydrogen-bond acceptors (Lipinski definition) is 2. The second kappa shape index (κ2) is 4.12. The zero-order valence-electron chi connectivity index (χ0n) is 8.89. The van der Waals surface area contributed by atoms with Crippen LogP contribution in [-0.4, -0.2) is 17.3 Å². The maximum absolute atomic E-state index is 9.15. The van der Waals surface area contributed by atoms with Crippen LogP contribution in [0.1, 0.15) is 24.0 Å². The molecule has 0 spiro atoms. The van der Waals surface area contributed by atoms with Crippen molar-refractivity contribution in [3.8, 4) is 0 Å². The van der Waals surface area contributed by atoms with Crippen molar-refractivity contribution in [3.05, 3.63) is 34.3 Å². The smallest absolute Gasteiger partial charge is 0.0613 e.